The van der Waals surface area contributed by atoms with E-state index in [0.29, 0.717) is 12.2 Å². The van der Waals surface area contributed by atoms with Crippen molar-refractivity contribution in [3.8, 4) is 28.7 Å². The molecule has 0 spiro atoms. The van der Waals surface area contributed by atoms with Gasteiger partial charge < -0.3 is 9.84 Å². The summed E-state index contributed by atoms with van der Waals surface area (Å²) in [6.45, 7) is 0.494. The van der Waals surface area contributed by atoms with Crippen molar-refractivity contribution >= 4 is 0 Å². The van der Waals surface area contributed by atoms with Crippen LogP contribution in [0.5, 0.6) is 11.5 Å². The van der Waals surface area contributed by atoms with Crippen molar-refractivity contribution in [1.29, 1.82) is 5.26 Å². The molecule has 0 aliphatic rings. The van der Waals surface area contributed by atoms with Gasteiger partial charge in [-0.05, 0) is 47.0 Å². The number of aromatic hydroxyl groups is 1. The van der Waals surface area contributed by atoms with Gasteiger partial charge >= 0.3 is 0 Å². The van der Waals surface area contributed by atoms with Gasteiger partial charge in [-0.25, -0.2) is 0 Å². The zero-order chi connectivity index (χ0) is 16.1. The Labute approximate surface area is 135 Å². The molecule has 0 aliphatic heterocycles. The van der Waals surface area contributed by atoms with Crippen LogP contribution in [-0.4, -0.2) is 5.11 Å². The van der Waals surface area contributed by atoms with Crippen molar-refractivity contribution in [2.45, 2.75) is 6.61 Å². The largest absolute Gasteiger partial charge is 0.508 e. The molecule has 3 aromatic rings. The molecule has 0 aromatic heterocycles. The molecule has 3 nitrogen and oxygen atoms in total. The normalized spacial score (nSPS) is 10.0. The minimum atomic E-state index is 0.0784. The Morgan fingerprint density at radius 3 is 2.48 bits per heavy atom. The van der Waals surface area contributed by atoms with E-state index in [4.69, 9.17) is 10.00 Å². The van der Waals surface area contributed by atoms with Gasteiger partial charge in [0.05, 0.1) is 11.6 Å². The molecule has 3 rings (SSSR count). The van der Waals surface area contributed by atoms with Crippen LogP contribution in [0.15, 0.2) is 72.8 Å². The van der Waals surface area contributed by atoms with E-state index >= 15 is 0 Å². The van der Waals surface area contributed by atoms with E-state index in [1.165, 1.54) is 6.07 Å². The van der Waals surface area contributed by atoms with Gasteiger partial charge in [0.1, 0.15) is 18.1 Å². The number of benzene rings is 3. The second kappa shape index (κ2) is 6.67. The molecular weight excluding hydrogens is 286 g/mol. The molecule has 0 fully saturated rings. The molecule has 0 saturated carbocycles. The standard InChI is InChI=1S/C20H15NO2/c21-13-16-9-18(11-19(22)10-16)17-7-4-8-20(12-17)23-14-15-5-2-1-3-6-15/h1-12,22H,14H2. The van der Waals surface area contributed by atoms with Gasteiger partial charge in [-0.2, -0.15) is 5.26 Å². The summed E-state index contributed by atoms with van der Waals surface area (Å²) in [5.74, 6) is 0.822. The van der Waals surface area contributed by atoms with Crippen LogP contribution in [0.2, 0.25) is 0 Å². The summed E-state index contributed by atoms with van der Waals surface area (Å²) in [7, 11) is 0. The molecular formula is C20H15NO2. The van der Waals surface area contributed by atoms with E-state index in [1.807, 2.05) is 60.7 Å². The van der Waals surface area contributed by atoms with Gasteiger partial charge in [-0.3, -0.25) is 0 Å². The highest BCUT2D eigenvalue weighted by atomic mass is 16.5. The van der Waals surface area contributed by atoms with Gasteiger partial charge in [-0.15, -0.1) is 0 Å². The van der Waals surface area contributed by atoms with Crippen LogP contribution < -0.4 is 4.74 Å². The van der Waals surface area contributed by atoms with Crippen molar-refractivity contribution in [3.63, 3.8) is 0 Å². The Bertz CT molecular complexity index is 851. The second-order valence-electron chi connectivity index (χ2n) is 5.18. The molecule has 0 atom stereocenters. The molecule has 1 N–H and O–H groups in total. The van der Waals surface area contributed by atoms with Crippen molar-refractivity contribution in [3.05, 3.63) is 83.9 Å². The lowest BCUT2D eigenvalue weighted by molar-refractivity contribution is 0.306. The highest BCUT2D eigenvalue weighted by Gasteiger charge is 2.04. The van der Waals surface area contributed by atoms with Crippen LogP contribution in [0, 0.1) is 11.3 Å². The van der Waals surface area contributed by atoms with Crippen molar-refractivity contribution < 1.29 is 9.84 Å². The average molecular weight is 301 g/mol. The Morgan fingerprint density at radius 1 is 0.870 bits per heavy atom. The van der Waals surface area contributed by atoms with Crippen LogP contribution in [-0.2, 0) is 6.61 Å². The highest BCUT2D eigenvalue weighted by molar-refractivity contribution is 5.68. The number of phenolic OH excluding ortho intramolecular Hbond substituents is 1. The summed E-state index contributed by atoms with van der Waals surface area (Å²) in [5.41, 5.74) is 3.20. The maximum Gasteiger partial charge on any atom is 0.120 e. The van der Waals surface area contributed by atoms with E-state index < -0.39 is 0 Å². The quantitative estimate of drug-likeness (QED) is 0.771. The van der Waals surface area contributed by atoms with Gasteiger partial charge in [0.25, 0.3) is 0 Å². The minimum absolute atomic E-state index is 0.0784. The summed E-state index contributed by atoms with van der Waals surface area (Å²) < 4.78 is 5.81. The summed E-state index contributed by atoms with van der Waals surface area (Å²) in [4.78, 5) is 0. The Hall–Kier alpha value is -3.25. The second-order valence-corrected chi connectivity index (χ2v) is 5.18. The maximum absolute atomic E-state index is 9.73. The van der Waals surface area contributed by atoms with Crippen LogP contribution >= 0.6 is 0 Å². The number of nitrogens with zero attached hydrogens (tertiary/aromatic N) is 1. The third kappa shape index (κ3) is 3.69. The van der Waals surface area contributed by atoms with Crippen LogP contribution in [0.4, 0.5) is 0 Å². The first-order chi connectivity index (χ1) is 11.2. The zero-order valence-electron chi connectivity index (χ0n) is 12.4. The first kappa shape index (κ1) is 14.7. The molecule has 0 heterocycles. The van der Waals surface area contributed by atoms with Gasteiger partial charge in [0.2, 0.25) is 0 Å². The fraction of sp³-hybridized carbons (Fsp3) is 0.0500. The number of rotatable bonds is 4. The molecule has 3 aromatic carbocycles. The summed E-state index contributed by atoms with van der Waals surface area (Å²) >= 11 is 0. The predicted octanol–water partition coefficient (Wildman–Crippen LogP) is 4.51. The van der Waals surface area contributed by atoms with Crippen molar-refractivity contribution in [1.82, 2.24) is 0 Å². The number of hydrogen-bond donors (Lipinski definition) is 1. The third-order valence-electron chi connectivity index (χ3n) is 3.46. The van der Waals surface area contributed by atoms with E-state index in [2.05, 4.69) is 0 Å². The van der Waals surface area contributed by atoms with Gasteiger partial charge in [0.15, 0.2) is 0 Å². The number of nitriles is 1. The number of hydrogen-bond acceptors (Lipinski definition) is 3. The molecule has 0 aliphatic carbocycles. The zero-order valence-corrected chi connectivity index (χ0v) is 12.4. The Morgan fingerprint density at radius 2 is 1.70 bits per heavy atom. The topological polar surface area (TPSA) is 53.2 Å². The molecule has 112 valence electrons. The SMILES string of the molecule is N#Cc1cc(O)cc(-c2cccc(OCc3ccccc3)c2)c1. The lowest BCUT2D eigenvalue weighted by Gasteiger charge is -2.09. The number of ether oxygens (including phenoxy) is 1. The first-order valence-electron chi connectivity index (χ1n) is 7.26. The van der Waals surface area contributed by atoms with Crippen LogP contribution in [0.1, 0.15) is 11.1 Å². The van der Waals surface area contributed by atoms with E-state index in [-0.39, 0.29) is 5.75 Å². The molecule has 23 heavy (non-hydrogen) atoms. The Kier molecular flexibility index (Phi) is 4.26. The van der Waals surface area contributed by atoms with Gasteiger partial charge in [0, 0.05) is 0 Å². The van der Waals surface area contributed by atoms with Crippen molar-refractivity contribution in [2.24, 2.45) is 0 Å². The molecule has 0 unspecified atom stereocenters. The lowest BCUT2D eigenvalue weighted by Crippen LogP contribution is -1.95. The van der Waals surface area contributed by atoms with Crippen LogP contribution in [0.25, 0.3) is 11.1 Å². The minimum Gasteiger partial charge on any atom is -0.508 e. The first-order valence-corrected chi connectivity index (χ1v) is 7.26. The number of phenols is 1. The van der Waals surface area contributed by atoms with E-state index in [0.717, 1.165) is 22.4 Å². The lowest BCUT2D eigenvalue weighted by atomic mass is 10.0. The summed E-state index contributed by atoms with van der Waals surface area (Å²) in [6.07, 6.45) is 0. The van der Waals surface area contributed by atoms with Gasteiger partial charge in [-0.1, -0.05) is 42.5 Å². The molecule has 0 radical (unpaired) electrons. The third-order valence-corrected chi connectivity index (χ3v) is 3.46. The predicted molar refractivity (Wildman–Crippen MR) is 89.0 cm³/mol. The molecule has 0 bridgehead atoms. The smallest absolute Gasteiger partial charge is 0.120 e. The molecule has 3 heteroatoms. The maximum atomic E-state index is 9.73. The fourth-order valence-electron chi connectivity index (χ4n) is 2.35. The van der Waals surface area contributed by atoms with E-state index in [1.54, 1.807) is 12.1 Å². The van der Waals surface area contributed by atoms with Crippen LogP contribution in [0.3, 0.4) is 0 Å². The molecule has 0 amide bonds. The molecule has 0 saturated heterocycles. The summed E-state index contributed by atoms with van der Waals surface area (Å²) in [6, 6.07) is 24.4. The van der Waals surface area contributed by atoms with E-state index in [9.17, 15) is 5.11 Å². The highest BCUT2D eigenvalue weighted by Crippen LogP contribution is 2.28. The van der Waals surface area contributed by atoms with Crippen molar-refractivity contribution in [2.75, 3.05) is 0 Å². The fourth-order valence-corrected chi connectivity index (χ4v) is 2.35. The average Bonchev–Trinajstić information content (AvgIpc) is 2.60. The summed E-state index contributed by atoms with van der Waals surface area (Å²) in [5, 5.41) is 18.7. The Balaban J connectivity index is 1.83. The monoisotopic (exact) mass is 301 g/mol.